The van der Waals surface area contributed by atoms with Gasteiger partial charge in [-0.2, -0.15) is 0 Å². The molecule has 0 atom stereocenters. The normalized spacial score (nSPS) is 10.0. The van der Waals surface area contributed by atoms with Gasteiger partial charge in [-0.15, -0.1) is 0 Å². The Bertz CT molecular complexity index is 737. The fourth-order valence-electron chi connectivity index (χ4n) is 1.88. The molecule has 6 heteroatoms. The van der Waals surface area contributed by atoms with E-state index < -0.39 is 30.1 Å². The second-order valence-electron chi connectivity index (χ2n) is 4.54. The lowest BCUT2D eigenvalue weighted by Gasteiger charge is -2.08. The smallest absolute Gasteiger partial charge is 0.339 e. The summed E-state index contributed by atoms with van der Waals surface area (Å²) < 4.78 is 22.3. The van der Waals surface area contributed by atoms with Gasteiger partial charge in [-0.3, -0.25) is 4.79 Å². The maximum Gasteiger partial charge on any atom is 0.339 e. The Hall–Kier alpha value is -3.02. The number of methoxy groups -OCH3 is 1. The first-order chi connectivity index (χ1) is 11.0. The molecule has 0 aliphatic heterocycles. The molecular weight excluding hydrogens is 303 g/mol. The number of Topliss-reactive ketones (excluding diaryl/α,β-unsaturated/α-hetero) is 1. The molecule has 118 valence electrons. The first-order valence-electron chi connectivity index (χ1n) is 6.66. The van der Waals surface area contributed by atoms with Crippen LogP contribution in [0.2, 0.25) is 0 Å². The molecule has 23 heavy (non-hydrogen) atoms. The number of halogens is 1. The summed E-state index contributed by atoms with van der Waals surface area (Å²) in [4.78, 5) is 35.5. The fraction of sp³-hybridized carbons (Fsp3) is 0.118. The van der Waals surface area contributed by atoms with E-state index in [9.17, 15) is 18.8 Å². The third-order valence-electron chi connectivity index (χ3n) is 3.05. The van der Waals surface area contributed by atoms with Gasteiger partial charge in [0.25, 0.3) is 0 Å². The average molecular weight is 316 g/mol. The third-order valence-corrected chi connectivity index (χ3v) is 3.05. The Morgan fingerprint density at radius 1 is 0.913 bits per heavy atom. The molecule has 0 fully saturated rings. The van der Waals surface area contributed by atoms with Crippen LogP contribution in [-0.2, 0) is 9.47 Å². The van der Waals surface area contributed by atoms with Crippen molar-refractivity contribution >= 4 is 17.7 Å². The van der Waals surface area contributed by atoms with Crippen molar-refractivity contribution in [2.45, 2.75) is 0 Å². The van der Waals surface area contributed by atoms with Crippen LogP contribution in [0.3, 0.4) is 0 Å². The van der Waals surface area contributed by atoms with Gasteiger partial charge in [0.15, 0.2) is 12.4 Å². The summed E-state index contributed by atoms with van der Waals surface area (Å²) in [5.74, 6) is -2.44. The van der Waals surface area contributed by atoms with Crippen molar-refractivity contribution in [3.63, 3.8) is 0 Å². The highest BCUT2D eigenvalue weighted by Gasteiger charge is 2.19. The first-order valence-corrected chi connectivity index (χ1v) is 6.66. The molecule has 0 N–H and O–H groups in total. The molecule has 5 nitrogen and oxygen atoms in total. The Morgan fingerprint density at radius 2 is 1.48 bits per heavy atom. The van der Waals surface area contributed by atoms with Crippen molar-refractivity contribution < 1.29 is 28.2 Å². The third kappa shape index (κ3) is 4.00. The summed E-state index contributed by atoms with van der Waals surface area (Å²) in [6.45, 7) is -0.514. The van der Waals surface area contributed by atoms with Crippen molar-refractivity contribution in [2.24, 2.45) is 0 Å². The Kier molecular flexibility index (Phi) is 5.19. The van der Waals surface area contributed by atoms with Gasteiger partial charge in [0, 0.05) is 5.56 Å². The minimum atomic E-state index is -0.818. The van der Waals surface area contributed by atoms with E-state index in [1.807, 2.05) is 0 Å². The molecular formula is C17H13FO5. The lowest BCUT2D eigenvalue weighted by atomic mass is 10.1. The Labute approximate surface area is 131 Å². The molecule has 0 amide bonds. The lowest BCUT2D eigenvalue weighted by molar-refractivity contribution is 0.0463. The highest BCUT2D eigenvalue weighted by molar-refractivity contribution is 6.04. The summed E-state index contributed by atoms with van der Waals surface area (Å²) in [6, 6.07) is 10.8. The van der Waals surface area contributed by atoms with Crippen LogP contribution in [0.25, 0.3) is 0 Å². The maximum absolute atomic E-state index is 12.8. The number of ketones is 1. The molecule has 0 bridgehead atoms. The number of hydrogen-bond acceptors (Lipinski definition) is 5. The molecule has 2 rings (SSSR count). The van der Waals surface area contributed by atoms with E-state index in [4.69, 9.17) is 4.74 Å². The molecule has 0 spiro atoms. The first kappa shape index (κ1) is 16.4. The van der Waals surface area contributed by atoms with Crippen molar-refractivity contribution in [1.82, 2.24) is 0 Å². The molecule has 2 aromatic rings. The van der Waals surface area contributed by atoms with E-state index in [0.717, 1.165) is 12.1 Å². The van der Waals surface area contributed by atoms with Crippen LogP contribution in [-0.4, -0.2) is 31.4 Å². The number of hydrogen-bond donors (Lipinski definition) is 0. The quantitative estimate of drug-likeness (QED) is 0.626. The van der Waals surface area contributed by atoms with Gasteiger partial charge in [0.1, 0.15) is 5.82 Å². The highest BCUT2D eigenvalue weighted by atomic mass is 19.1. The topological polar surface area (TPSA) is 69.7 Å². The van der Waals surface area contributed by atoms with Crippen LogP contribution < -0.4 is 0 Å². The number of benzene rings is 2. The van der Waals surface area contributed by atoms with Crippen molar-refractivity contribution in [3.8, 4) is 0 Å². The van der Waals surface area contributed by atoms with Gasteiger partial charge in [-0.25, -0.2) is 14.0 Å². The van der Waals surface area contributed by atoms with Crippen LogP contribution in [0, 0.1) is 5.82 Å². The largest absolute Gasteiger partial charge is 0.465 e. The monoisotopic (exact) mass is 316 g/mol. The van der Waals surface area contributed by atoms with E-state index in [1.165, 1.54) is 31.4 Å². The molecule has 0 aliphatic carbocycles. The SMILES string of the molecule is COC(=O)c1ccccc1C(=O)OCC(=O)c1ccc(F)cc1. The summed E-state index contributed by atoms with van der Waals surface area (Å²) in [7, 11) is 1.20. The summed E-state index contributed by atoms with van der Waals surface area (Å²) in [5, 5.41) is 0. The predicted molar refractivity (Wildman–Crippen MR) is 78.8 cm³/mol. The van der Waals surface area contributed by atoms with E-state index in [-0.39, 0.29) is 16.7 Å². The molecule has 0 unspecified atom stereocenters. The zero-order valence-corrected chi connectivity index (χ0v) is 12.2. The van der Waals surface area contributed by atoms with Crippen LogP contribution >= 0.6 is 0 Å². The maximum atomic E-state index is 12.8. The van der Waals surface area contributed by atoms with E-state index in [2.05, 4.69) is 4.74 Å². The van der Waals surface area contributed by atoms with Crippen molar-refractivity contribution in [1.29, 1.82) is 0 Å². The van der Waals surface area contributed by atoms with Crippen LogP contribution in [0.4, 0.5) is 4.39 Å². The average Bonchev–Trinajstić information content (AvgIpc) is 2.59. The van der Waals surface area contributed by atoms with Crippen molar-refractivity contribution in [3.05, 3.63) is 71.0 Å². The zero-order chi connectivity index (χ0) is 16.8. The number of carbonyl (C=O) groups is 3. The fourth-order valence-corrected chi connectivity index (χ4v) is 1.88. The number of ether oxygens (including phenoxy) is 2. The standard InChI is InChI=1S/C17H13FO5/c1-22-16(20)13-4-2-3-5-14(13)17(21)23-10-15(19)11-6-8-12(18)9-7-11/h2-9H,10H2,1H3. The molecule has 0 aliphatic rings. The molecule has 0 saturated heterocycles. The van der Waals surface area contributed by atoms with Gasteiger partial charge in [0.05, 0.1) is 18.2 Å². The summed E-state index contributed by atoms with van der Waals surface area (Å²) >= 11 is 0. The van der Waals surface area contributed by atoms with Gasteiger partial charge in [0.2, 0.25) is 0 Å². The van der Waals surface area contributed by atoms with Gasteiger partial charge in [-0.1, -0.05) is 12.1 Å². The van der Waals surface area contributed by atoms with Crippen LogP contribution in [0.1, 0.15) is 31.1 Å². The minimum Gasteiger partial charge on any atom is -0.465 e. The Morgan fingerprint density at radius 3 is 2.04 bits per heavy atom. The lowest BCUT2D eigenvalue weighted by Crippen LogP contribution is -2.17. The van der Waals surface area contributed by atoms with Crippen molar-refractivity contribution in [2.75, 3.05) is 13.7 Å². The molecule has 2 aromatic carbocycles. The highest BCUT2D eigenvalue weighted by Crippen LogP contribution is 2.12. The molecule has 0 aromatic heterocycles. The molecule has 0 heterocycles. The second kappa shape index (κ2) is 7.31. The van der Waals surface area contributed by atoms with E-state index >= 15 is 0 Å². The molecule has 0 saturated carbocycles. The number of rotatable bonds is 5. The van der Waals surface area contributed by atoms with Gasteiger partial charge in [-0.05, 0) is 36.4 Å². The predicted octanol–water partition coefficient (Wildman–Crippen LogP) is 2.65. The van der Waals surface area contributed by atoms with Crippen LogP contribution in [0.15, 0.2) is 48.5 Å². The summed E-state index contributed by atoms with van der Waals surface area (Å²) in [6.07, 6.45) is 0. The number of carbonyl (C=O) groups excluding carboxylic acids is 3. The van der Waals surface area contributed by atoms with Gasteiger partial charge >= 0.3 is 11.9 Å². The Balaban J connectivity index is 2.07. The molecule has 0 radical (unpaired) electrons. The van der Waals surface area contributed by atoms with E-state index in [0.29, 0.717) is 0 Å². The second-order valence-corrected chi connectivity index (χ2v) is 4.54. The summed E-state index contributed by atoms with van der Waals surface area (Å²) in [5.41, 5.74) is 0.279. The zero-order valence-electron chi connectivity index (χ0n) is 12.2. The van der Waals surface area contributed by atoms with Crippen LogP contribution in [0.5, 0.6) is 0 Å². The minimum absolute atomic E-state index is 0.00579. The van der Waals surface area contributed by atoms with E-state index in [1.54, 1.807) is 12.1 Å². The van der Waals surface area contributed by atoms with Gasteiger partial charge < -0.3 is 9.47 Å². The number of esters is 2.